The molecule has 0 heterocycles. The summed E-state index contributed by atoms with van der Waals surface area (Å²) in [6.07, 6.45) is 9.27. The highest BCUT2D eigenvalue weighted by molar-refractivity contribution is 5.90. The molecule has 0 spiro atoms. The first-order valence-electron chi connectivity index (χ1n) is 8.01. The number of rotatable bonds is 6. The van der Waals surface area contributed by atoms with Gasteiger partial charge in [0.2, 0.25) is 5.91 Å². The molecule has 1 amide bonds. The lowest BCUT2D eigenvalue weighted by Crippen LogP contribution is -2.15. The molecule has 0 saturated heterocycles. The summed E-state index contributed by atoms with van der Waals surface area (Å²) in [5.41, 5.74) is 7.10. The number of carbonyl (C=O) groups is 1. The van der Waals surface area contributed by atoms with Gasteiger partial charge in [-0.05, 0) is 43.5 Å². The zero-order valence-electron chi connectivity index (χ0n) is 12.6. The Hall–Kier alpha value is -1.55. The van der Waals surface area contributed by atoms with Gasteiger partial charge in [-0.15, -0.1) is 0 Å². The highest BCUT2D eigenvalue weighted by Crippen LogP contribution is 2.20. The third kappa shape index (κ3) is 6.17. The molecule has 1 aromatic rings. The Morgan fingerprint density at radius 3 is 2.48 bits per heavy atom. The summed E-state index contributed by atoms with van der Waals surface area (Å²) in [5, 5.41) is 2.87. The Labute approximate surface area is 127 Å². The first kappa shape index (κ1) is 15.8. The molecule has 1 saturated carbocycles. The van der Waals surface area contributed by atoms with E-state index in [-0.39, 0.29) is 5.91 Å². The van der Waals surface area contributed by atoms with Crippen molar-refractivity contribution < 1.29 is 9.53 Å². The Balaban J connectivity index is 1.59. The number of hydrogen-bond acceptors (Lipinski definition) is 3. The van der Waals surface area contributed by atoms with Crippen molar-refractivity contribution in [1.82, 2.24) is 0 Å². The number of ether oxygens (including phenoxy) is 1. The van der Waals surface area contributed by atoms with Crippen molar-refractivity contribution in [3.63, 3.8) is 0 Å². The molecular weight excluding hydrogens is 264 g/mol. The molecule has 2 rings (SSSR count). The zero-order valence-corrected chi connectivity index (χ0v) is 12.6. The number of anilines is 2. The second kappa shape index (κ2) is 8.67. The van der Waals surface area contributed by atoms with E-state index >= 15 is 0 Å². The standard InChI is InChI=1S/C17H26N2O2/c18-14-9-11-15(12-10-14)19-17(20)8-5-13-21-16-6-3-1-2-4-7-16/h9-12,16H,1-8,13,18H2,(H,19,20). The summed E-state index contributed by atoms with van der Waals surface area (Å²) < 4.78 is 5.88. The van der Waals surface area contributed by atoms with Crippen LogP contribution in [0.4, 0.5) is 11.4 Å². The number of nitrogens with two attached hydrogens (primary N) is 1. The van der Waals surface area contributed by atoms with E-state index in [1.807, 2.05) is 12.1 Å². The van der Waals surface area contributed by atoms with Crippen LogP contribution in [0.1, 0.15) is 51.4 Å². The van der Waals surface area contributed by atoms with Crippen LogP contribution < -0.4 is 11.1 Å². The number of nitrogens with one attached hydrogen (secondary N) is 1. The molecule has 0 radical (unpaired) electrons. The van der Waals surface area contributed by atoms with Gasteiger partial charge in [0, 0.05) is 24.4 Å². The summed E-state index contributed by atoms with van der Waals surface area (Å²) >= 11 is 0. The highest BCUT2D eigenvalue weighted by atomic mass is 16.5. The van der Waals surface area contributed by atoms with Crippen LogP contribution in [0.3, 0.4) is 0 Å². The van der Waals surface area contributed by atoms with E-state index in [4.69, 9.17) is 10.5 Å². The van der Waals surface area contributed by atoms with Crippen LogP contribution in [-0.2, 0) is 9.53 Å². The molecule has 0 bridgehead atoms. The fraction of sp³-hybridized carbons (Fsp3) is 0.588. The normalized spacial score (nSPS) is 16.4. The average Bonchev–Trinajstić information content (AvgIpc) is 2.75. The molecule has 0 unspecified atom stereocenters. The molecule has 21 heavy (non-hydrogen) atoms. The Morgan fingerprint density at radius 2 is 1.81 bits per heavy atom. The lowest BCUT2D eigenvalue weighted by atomic mass is 10.1. The van der Waals surface area contributed by atoms with Gasteiger partial charge >= 0.3 is 0 Å². The summed E-state index contributed by atoms with van der Waals surface area (Å²) in [7, 11) is 0. The van der Waals surface area contributed by atoms with Crippen LogP contribution in [0.25, 0.3) is 0 Å². The summed E-state index contributed by atoms with van der Waals surface area (Å²) in [5.74, 6) is 0.0317. The fourth-order valence-corrected chi connectivity index (χ4v) is 2.68. The van der Waals surface area contributed by atoms with Gasteiger partial charge in [-0.3, -0.25) is 4.79 Å². The molecule has 3 N–H and O–H groups in total. The summed E-state index contributed by atoms with van der Waals surface area (Å²) in [6, 6.07) is 7.19. The molecule has 0 atom stereocenters. The van der Waals surface area contributed by atoms with Gasteiger partial charge in [0.25, 0.3) is 0 Å². The predicted molar refractivity (Wildman–Crippen MR) is 86.2 cm³/mol. The second-order valence-corrected chi connectivity index (χ2v) is 5.76. The maximum absolute atomic E-state index is 11.8. The molecule has 1 aromatic carbocycles. The lowest BCUT2D eigenvalue weighted by molar-refractivity contribution is -0.116. The van der Waals surface area contributed by atoms with Crippen molar-refractivity contribution >= 4 is 17.3 Å². The largest absolute Gasteiger partial charge is 0.399 e. The fourth-order valence-electron chi connectivity index (χ4n) is 2.68. The monoisotopic (exact) mass is 290 g/mol. The third-order valence-corrected chi connectivity index (χ3v) is 3.90. The van der Waals surface area contributed by atoms with Crippen LogP contribution >= 0.6 is 0 Å². The van der Waals surface area contributed by atoms with Gasteiger partial charge < -0.3 is 15.8 Å². The lowest BCUT2D eigenvalue weighted by Gasteiger charge is -2.15. The topological polar surface area (TPSA) is 64.3 Å². The van der Waals surface area contributed by atoms with E-state index in [0.29, 0.717) is 24.8 Å². The van der Waals surface area contributed by atoms with Gasteiger partial charge in [-0.25, -0.2) is 0 Å². The molecular formula is C17H26N2O2. The maximum atomic E-state index is 11.8. The van der Waals surface area contributed by atoms with E-state index in [1.54, 1.807) is 12.1 Å². The minimum Gasteiger partial charge on any atom is -0.399 e. The van der Waals surface area contributed by atoms with Gasteiger partial charge in [0.05, 0.1) is 6.10 Å². The summed E-state index contributed by atoms with van der Waals surface area (Å²) in [6.45, 7) is 0.680. The maximum Gasteiger partial charge on any atom is 0.224 e. The van der Waals surface area contributed by atoms with Crippen molar-refractivity contribution in [3.05, 3.63) is 24.3 Å². The number of amides is 1. The number of carbonyl (C=O) groups excluding carboxylic acids is 1. The molecule has 1 aliphatic rings. The molecule has 1 fully saturated rings. The van der Waals surface area contributed by atoms with E-state index in [0.717, 1.165) is 12.1 Å². The van der Waals surface area contributed by atoms with Gasteiger partial charge in [0.1, 0.15) is 0 Å². The first-order valence-corrected chi connectivity index (χ1v) is 8.01. The molecule has 116 valence electrons. The number of hydrogen-bond donors (Lipinski definition) is 2. The van der Waals surface area contributed by atoms with E-state index in [2.05, 4.69) is 5.32 Å². The third-order valence-electron chi connectivity index (χ3n) is 3.90. The van der Waals surface area contributed by atoms with E-state index in [9.17, 15) is 4.79 Å². The van der Waals surface area contributed by atoms with Gasteiger partial charge in [-0.1, -0.05) is 25.7 Å². The van der Waals surface area contributed by atoms with Gasteiger partial charge in [0.15, 0.2) is 0 Å². The predicted octanol–water partition coefficient (Wildman–Crippen LogP) is 3.73. The van der Waals surface area contributed by atoms with Crippen LogP contribution in [0.15, 0.2) is 24.3 Å². The molecule has 4 heteroatoms. The van der Waals surface area contributed by atoms with Crippen molar-refractivity contribution in [1.29, 1.82) is 0 Å². The first-order chi connectivity index (χ1) is 10.2. The van der Waals surface area contributed by atoms with Crippen LogP contribution in [0, 0.1) is 0 Å². The van der Waals surface area contributed by atoms with Crippen LogP contribution in [0.2, 0.25) is 0 Å². The SMILES string of the molecule is Nc1ccc(NC(=O)CCCOC2CCCCCC2)cc1. The molecule has 4 nitrogen and oxygen atoms in total. The van der Waals surface area contributed by atoms with E-state index in [1.165, 1.54) is 38.5 Å². The van der Waals surface area contributed by atoms with Crippen molar-refractivity contribution in [2.45, 2.75) is 57.5 Å². The zero-order chi connectivity index (χ0) is 14.9. The Bertz CT molecular complexity index is 423. The minimum atomic E-state index is 0.0317. The second-order valence-electron chi connectivity index (χ2n) is 5.76. The summed E-state index contributed by atoms with van der Waals surface area (Å²) in [4.78, 5) is 11.8. The minimum absolute atomic E-state index is 0.0317. The highest BCUT2D eigenvalue weighted by Gasteiger charge is 2.12. The van der Waals surface area contributed by atoms with Crippen molar-refractivity contribution in [2.75, 3.05) is 17.7 Å². The number of benzene rings is 1. The van der Waals surface area contributed by atoms with Gasteiger partial charge in [-0.2, -0.15) is 0 Å². The molecule has 0 aromatic heterocycles. The Kier molecular flexibility index (Phi) is 6.54. The molecule has 1 aliphatic carbocycles. The van der Waals surface area contributed by atoms with Crippen molar-refractivity contribution in [2.24, 2.45) is 0 Å². The average molecular weight is 290 g/mol. The van der Waals surface area contributed by atoms with E-state index < -0.39 is 0 Å². The smallest absolute Gasteiger partial charge is 0.224 e. The van der Waals surface area contributed by atoms with Crippen LogP contribution in [-0.4, -0.2) is 18.6 Å². The molecule has 0 aliphatic heterocycles. The van der Waals surface area contributed by atoms with Crippen LogP contribution in [0.5, 0.6) is 0 Å². The quantitative estimate of drug-likeness (QED) is 0.476. The van der Waals surface area contributed by atoms with Crippen molar-refractivity contribution in [3.8, 4) is 0 Å². The number of nitrogen functional groups attached to an aromatic ring is 1. The Morgan fingerprint density at radius 1 is 1.14 bits per heavy atom.